The van der Waals surface area contributed by atoms with Crippen LogP contribution in [0.25, 0.3) is 0 Å². The molecule has 3 rings (SSSR count). The maximum Gasteiger partial charge on any atom is 0.0755 e. The Kier molecular flexibility index (Phi) is 1.98. The van der Waals surface area contributed by atoms with Crippen molar-refractivity contribution in [2.24, 2.45) is 28.6 Å². The second-order valence-corrected chi connectivity index (χ2v) is 7.14. The van der Waals surface area contributed by atoms with E-state index in [1.165, 1.54) is 19.3 Å². The third-order valence-corrected chi connectivity index (χ3v) is 6.39. The van der Waals surface area contributed by atoms with Crippen LogP contribution >= 0.6 is 0 Å². The smallest absolute Gasteiger partial charge is 0.0755 e. The van der Waals surface area contributed by atoms with Gasteiger partial charge in [-0.05, 0) is 59.8 Å². The Bertz CT molecular complexity index is 343. The molecule has 0 aromatic rings. The zero-order chi connectivity index (χ0) is 11.7. The largest absolute Gasteiger partial charge is 0.389 e. The molecule has 0 aromatic carbocycles. The number of fused-ring (bicyclic) bond motifs is 1. The topological polar surface area (TPSA) is 20.2 Å². The van der Waals surface area contributed by atoms with Crippen LogP contribution in [-0.4, -0.2) is 11.2 Å². The van der Waals surface area contributed by atoms with Crippen LogP contribution in [-0.2, 0) is 0 Å². The summed E-state index contributed by atoms with van der Waals surface area (Å²) in [5.41, 5.74) is 1.92. The first-order chi connectivity index (χ1) is 7.39. The van der Waals surface area contributed by atoms with Crippen molar-refractivity contribution in [2.45, 2.75) is 52.6 Å². The van der Waals surface area contributed by atoms with E-state index in [-0.39, 0.29) is 6.10 Å². The Morgan fingerprint density at radius 3 is 2.62 bits per heavy atom. The lowest BCUT2D eigenvalue weighted by molar-refractivity contribution is 0.0530. The molecule has 0 aliphatic heterocycles. The molecular weight excluding hydrogens is 196 g/mol. The van der Waals surface area contributed by atoms with Gasteiger partial charge in [0.15, 0.2) is 0 Å². The first kappa shape index (κ1) is 10.8. The van der Waals surface area contributed by atoms with Crippen molar-refractivity contribution in [3.8, 4) is 0 Å². The summed E-state index contributed by atoms with van der Waals surface area (Å²) in [6, 6.07) is 0. The number of aliphatic hydroxyl groups is 1. The number of hydrogen-bond donors (Lipinski definition) is 1. The molecule has 1 nitrogen and oxygen atoms in total. The average Bonchev–Trinajstić information content (AvgIpc) is 2.59. The zero-order valence-electron chi connectivity index (χ0n) is 10.8. The van der Waals surface area contributed by atoms with Gasteiger partial charge in [-0.2, -0.15) is 0 Å². The molecule has 0 saturated heterocycles. The second-order valence-electron chi connectivity index (χ2n) is 7.14. The van der Waals surface area contributed by atoms with Gasteiger partial charge in [0.25, 0.3) is 0 Å². The minimum atomic E-state index is -0.233. The summed E-state index contributed by atoms with van der Waals surface area (Å²) < 4.78 is 0. The van der Waals surface area contributed by atoms with Gasteiger partial charge in [-0.15, -0.1) is 0 Å². The van der Waals surface area contributed by atoms with Gasteiger partial charge in [-0.25, -0.2) is 0 Å². The maximum absolute atomic E-state index is 10.3. The highest BCUT2D eigenvalue weighted by Crippen LogP contribution is 2.72. The van der Waals surface area contributed by atoms with E-state index in [0.717, 1.165) is 23.8 Å². The molecule has 0 amide bonds. The van der Waals surface area contributed by atoms with E-state index in [1.54, 1.807) is 0 Å². The molecule has 16 heavy (non-hydrogen) atoms. The predicted octanol–water partition coefficient (Wildman–Crippen LogP) is 3.39. The molecule has 3 saturated carbocycles. The van der Waals surface area contributed by atoms with Crippen molar-refractivity contribution >= 4 is 0 Å². The van der Waals surface area contributed by atoms with E-state index in [4.69, 9.17) is 0 Å². The average molecular weight is 220 g/mol. The molecule has 0 heterocycles. The summed E-state index contributed by atoms with van der Waals surface area (Å²) in [4.78, 5) is 0. The van der Waals surface area contributed by atoms with Crippen molar-refractivity contribution in [3.05, 3.63) is 12.2 Å². The van der Waals surface area contributed by atoms with Gasteiger partial charge in [0.05, 0.1) is 6.10 Å². The Labute approximate surface area is 98.9 Å². The molecule has 3 aliphatic carbocycles. The lowest BCUT2D eigenvalue weighted by atomic mass is 9.66. The number of rotatable bonds is 0. The summed E-state index contributed by atoms with van der Waals surface area (Å²) in [6.07, 6.45) is 4.77. The molecule has 2 bridgehead atoms. The monoisotopic (exact) mass is 220 g/mol. The first-order valence-electron chi connectivity index (χ1n) is 6.76. The molecule has 4 unspecified atom stereocenters. The predicted molar refractivity (Wildman–Crippen MR) is 66.0 cm³/mol. The Hall–Kier alpha value is -0.300. The molecule has 1 spiro atoms. The molecule has 5 atom stereocenters. The van der Waals surface area contributed by atoms with Crippen LogP contribution < -0.4 is 0 Å². The first-order valence-corrected chi connectivity index (χ1v) is 6.76. The van der Waals surface area contributed by atoms with E-state index in [9.17, 15) is 5.11 Å². The quantitative estimate of drug-likeness (QED) is 0.620. The van der Waals surface area contributed by atoms with E-state index in [1.807, 2.05) is 0 Å². The normalized spacial score (nSPS) is 54.1. The summed E-state index contributed by atoms with van der Waals surface area (Å²) in [7, 11) is 0. The van der Waals surface area contributed by atoms with Crippen LogP contribution in [0, 0.1) is 28.6 Å². The van der Waals surface area contributed by atoms with Crippen molar-refractivity contribution in [1.82, 2.24) is 0 Å². The van der Waals surface area contributed by atoms with Gasteiger partial charge >= 0.3 is 0 Å². The Balaban J connectivity index is 2.10. The molecule has 90 valence electrons. The Morgan fingerprint density at radius 1 is 1.25 bits per heavy atom. The second kappa shape index (κ2) is 2.93. The van der Waals surface area contributed by atoms with Crippen LogP contribution in [0.15, 0.2) is 12.2 Å². The molecule has 1 N–H and O–H groups in total. The molecule has 1 heteroatoms. The van der Waals surface area contributed by atoms with Crippen LogP contribution in [0.4, 0.5) is 0 Å². The van der Waals surface area contributed by atoms with Gasteiger partial charge in [-0.1, -0.05) is 27.4 Å². The van der Waals surface area contributed by atoms with Gasteiger partial charge < -0.3 is 5.11 Å². The molecule has 0 radical (unpaired) electrons. The lowest BCUT2D eigenvalue weighted by Crippen LogP contribution is -2.36. The van der Waals surface area contributed by atoms with Crippen LogP contribution in [0.2, 0.25) is 0 Å². The van der Waals surface area contributed by atoms with E-state index < -0.39 is 0 Å². The minimum absolute atomic E-state index is 0.233. The zero-order valence-corrected chi connectivity index (χ0v) is 10.8. The number of hydrogen-bond acceptors (Lipinski definition) is 1. The van der Waals surface area contributed by atoms with Crippen molar-refractivity contribution in [3.63, 3.8) is 0 Å². The lowest BCUT2D eigenvalue weighted by Gasteiger charge is -2.40. The van der Waals surface area contributed by atoms with Crippen LogP contribution in [0.5, 0.6) is 0 Å². The van der Waals surface area contributed by atoms with Crippen molar-refractivity contribution in [2.75, 3.05) is 0 Å². The summed E-state index contributed by atoms with van der Waals surface area (Å²) >= 11 is 0. The highest BCUT2D eigenvalue weighted by atomic mass is 16.3. The van der Waals surface area contributed by atoms with Gasteiger partial charge in [0.1, 0.15) is 0 Å². The summed E-state index contributed by atoms with van der Waals surface area (Å²) in [5, 5.41) is 10.3. The minimum Gasteiger partial charge on any atom is -0.389 e. The molecular formula is C15H24O. The van der Waals surface area contributed by atoms with E-state index in [0.29, 0.717) is 16.7 Å². The molecule has 3 aliphatic rings. The van der Waals surface area contributed by atoms with Crippen LogP contribution in [0.3, 0.4) is 0 Å². The fourth-order valence-electron chi connectivity index (χ4n) is 5.44. The van der Waals surface area contributed by atoms with Crippen LogP contribution in [0.1, 0.15) is 46.5 Å². The third-order valence-electron chi connectivity index (χ3n) is 6.39. The third kappa shape index (κ3) is 1.01. The fourth-order valence-corrected chi connectivity index (χ4v) is 5.44. The van der Waals surface area contributed by atoms with Gasteiger partial charge in [-0.3, -0.25) is 0 Å². The molecule has 3 fully saturated rings. The van der Waals surface area contributed by atoms with E-state index in [2.05, 4.69) is 27.4 Å². The number of aliphatic hydroxyl groups excluding tert-OH is 1. The van der Waals surface area contributed by atoms with Gasteiger partial charge in [0.2, 0.25) is 0 Å². The van der Waals surface area contributed by atoms with E-state index >= 15 is 0 Å². The summed E-state index contributed by atoms with van der Waals surface area (Å²) in [6.45, 7) is 11.4. The maximum atomic E-state index is 10.3. The highest BCUT2D eigenvalue weighted by Gasteiger charge is 2.65. The molecule has 0 aromatic heterocycles. The highest BCUT2D eigenvalue weighted by molar-refractivity contribution is 5.26. The Morgan fingerprint density at radius 2 is 1.94 bits per heavy atom. The summed E-state index contributed by atoms with van der Waals surface area (Å²) in [5.74, 6) is 2.17. The fraction of sp³-hybridized carbons (Fsp3) is 0.867. The van der Waals surface area contributed by atoms with Crippen molar-refractivity contribution < 1.29 is 5.11 Å². The standard InChI is InChI=1S/C15H24O/c1-9-5-6-13-14(3,4)11-7-15(9,13)8-12(16)10(11)2/h9,11-13,16H,2,5-8H2,1,3-4H3/t9?,11?,12?,13?,15-/m1/s1. The van der Waals surface area contributed by atoms with Gasteiger partial charge in [0, 0.05) is 0 Å². The van der Waals surface area contributed by atoms with Crippen molar-refractivity contribution in [1.29, 1.82) is 0 Å². The SMILES string of the molecule is C=C1C(O)C[C@@]23CC1C(C)(C)C2CCC3C.